The van der Waals surface area contributed by atoms with Crippen LogP contribution in [-0.4, -0.2) is 12.8 Å². The van der Waals surface area contributed by atoms with Crippen molar-refractivity contribution in [2.75, 3.05) is 7.11 Å². The summed E-state index contributed by atoms with van der Waals surface area (Å²) in [7, 11) is 1.68. The minimum atomic E-state index is -0.112. The number of nitrogens with zero attached hydrogens (tertiary/aromatic N) is 1. The molecule has 0 N–H and O–H groups in total. The lowest BCUT2D eigenvalue weighted by atomic mass is 10.00. The molecule has 0 bridgehead atoms. The Morgan fingerprint density at radius 3 is 1.71 bits per heavy atom. The van der Waals surface area contributed by atoms with Crippen molar-refractivity contribution in [1.82, 2.24) is 0 Å². The Bertz CT molecular complexity index is 1090. The molecule has 0 aliphatic carbocycles. The summed E-state index contributed by atoms with van der Waals surface area (Å²) >= 11 is 0. The summed E-state index contributed by atoms with van der Waals surface area (Å²) in [6.07, 6.45) is 4.28. The number of hydrogen-bond donors (Lipinski definition) is 0. The van der Waals surface area contributed by atoms with Crippen LogP contribution in [0.4, 0.5) is 0 Å². The zero-order valence-electron chi connectivity index (χ0n) is 17.6. The van der Waals surface area contributed by atoms with Gasteiger partial charge in [0, 0.05) is 11.1 Å². The standard InChI is InChI=1S/C29H25NO/c1-31-27-20-17-23(18-21-27)19-22-28(24-11-5-2-6-12-24)30-29(25-13-7-3-8-14-25)26-15-9-4-10-16-26/h2-22,28H,1H3/b22-19+. The quantitative estimate of drug-likeness (QED) is 0.305. The first-order valence-electron chi connectivity index (χ1n) is 10.4. The molecule has 31 heavy (non-hydrogen) atoms. The van der Waals surface area contributed by atoms with Crippen LogP contribution in [0, 0.1) is 0 Å². The third kappa shape index (κ3) is 5.37. The average molecular weight is 404 g/mol. The van der Waals surface area contributed by atoms with Crippen molar-refractivity contribution in [3.8, 4) is 5.75 Å². The maximum Gasteiger partial charge on any atom is 0.118 e. The lowest BCUT2D eigenvalue weighted by Gasteiger charge is -2.14. The van der Waals surface area contributed by atoms with Gasteiger partial charge < -0.3 is 4.74 Å². The monoisotopic (exact) mass is 403 g/mol. The highest BCUT2D eigenvalue weighted by atomic mass is 16.5. The van der Waals surface area contributed by atoms with E-state index in [9.17, 15) is 0 Å². The summed E-state index contributed by atoms with van der Waals surface area (Å²) in [4.78, 5) is 5.24. The van der Waals surface area contributed by atoms with E-state index in [1.165, 1.54) is 0 Å². The SMILES string of the molecule is COc1ccc(/C=C/C(N=C(c2ccccc2)c2ccccc2)c2ccccc2)cc1. The van der Waals surface area contributed by atoms with Crippen LogP contribution in [0.25, 0.3) is 6.08 Å². The zero-order valence-corrected chi connectivity index (χ0v) is 17.6. The van der Waals surface area contributed by atoms with Crippen molar-refractivity contribution >= 4 is 11.8 Å². The van der Waals surface area contributed by atoms with Gasteiger partial charge in [-0.15, -0.1) is 0 Å². The van der Waals surface area contributed by atoms with E-state index in [1.807, 2.05) is 30.3 Å². The predicted octanol–water partition coefficient (Wildman–Crippen LogP) is 6.99. The van der Waals surface area contributed by atoms with Crippen molar-refractivity contribution in [2.24, 2.45) is 4.99 Å². The van der Waals surface area contributed by atoms with E-state index in [1.54, 1.807) is 7.11 Å². The topological polar surface area (TPSA) is 21.6 Å². The van der Waals surface area contributed by atoms with Gasteiger partial charge >= 0.3 is 0 Å². The highest BCUT2D eigenvalue weighted by Crippen LogP contribution is 2.24. The molecule has 152 valence electrons. The average Bonchev–Trinajstić information content (AvgIpc) is 2.86. The molecule has 0 amide bonds. The van der Waals surface area contributed by atoms with Crippen molar-refractivity contribution < 1.29 is 4.74 Å². The van der Waals surface area contributed by atoms with E-state index in [2.05, 4.69) is 97.1 Å². The second-order valence-corrected chi connectivity index (χ2v) is 7.20. The fourth-order valence-corrected chi connectivity index (χ4v) is 3.44. The highest BCUT2D eigenvalue weighted by Gasteiger charge is 2.12. The van der Waals surface area contributed by atoms with Gasteiger partial charge in [-0.25, -0.2) is 0 Å². The summed E-state index contributed by atoms with van der Waals surface area (Å²) < 4.78 is 5.27. The summed E-state index contributed by atoms with van der Waals surface area (Å²) in [5.41, 5.74) is 5.45. The van der Waals surface area contributed by atoms with Crippen LogP contribution in [0.2, 0.25) is 0 Å². The van der Waals surface area contributed by atoms with Gasteiger partial charge in [0.25, 0.3) is 0 Å². The first-order chi connectivity index (χ1) is 15.3. The number of methoxy groups -OCH3 is 1. The van der Waals surface area contributed by atoms with Crippen LogP contribution in [0.5, 0.6) is 5.75 Å². The summed E-state index contributed by atoms with van der Waals surface area (Å²) in [6, 6.07) is 39.1. The fraction of sp³-hybridized carbons (Fsp3) is 0.0690. The lowest BCUT2D eigenvalue weighted by molar-refractivity contribution is 0.415. The molecule has 0 aliphatic rings. The molecular weight excluding hydrogens is 378 g/mol. The van der Waals surface area contributed by atoms with E-state index < -0.39 is 0 Å². The molecule has 0 fully saturated rings. The van der Waals surface area contributed by atoms with Gasteiger partial charge in [-0.3, -0.25) is 4.99 Å². The Kier molecular flexibility index (Phi) is 6.71. The lowest BCUT2D eigenvalue weighted by Crippen LogP contribution is -2.06. The Balaban J connectivity index is 1.77. The van der Waals surface area contributed by atoms with Crippen LogP contribution in [0.3, 0.4) is 0 Å². The second kappa shape index (κ2) is 10.2. The van der Waals surface area contributed by atoms with Gasteiger partial charge in [0.2, 0.25) is 0 Å². The number of hydrogen-bond acceptors (Lipinski definition) is 2. The van der Waals surface area contributed by atoms with Crippen LogP contribution >= 0.6 is 0 Å². The third-order valence-corrected chi connectivity index (χ3v) is 5.09. The molecule has 1 atom stereocenters. The number of aliphatic imine (C=N–C) groups is 1. The van der Waals surface area contributed by atoms with Gasteiger partial charge in [-0.2, -0.15) is 0 Å². The van der Waals surface area contributed by atoms with E-state index in [4.69, 9.17) is 9.73 Å². The first kappa shape index (κ1) is 20.4. The van der Waals surface area contributed by atoms with Crippen LogP contribution in [0.1, 0.15) is 28.3 Å². The number of rotatable bonds is 7. The second-order valence-electron chi connectivity index (χ2n) is 7.20. The molecule has 0 aliphatic heterocycles. The van der Waals surface area contributed by atoms with Crippen molar-refractivity contribution in [1.29, 1.82) is 0 Å². The number of benzene rings is 4. The summed E-state index contributed by atoms with van der Waals surface area (Å²) in [5.74, 6) is 0.852. The molecular formula is C29H25NO. The number of ether oxygens (including phenoxy) is 1. The Morgan fingerprint density at radius 1 is 0.677 bits per heavy atom. The molecule has 4 rings (SSSR count). The van der Waals surface area contributed by atoms with Crippen molar-refractivity contribution in [2.45, 2.75) is 6.04 Å². The Hall–Kier alpha value is -3.91. The predicted molar refractivity (Wildman–Crippen MR) is 130 cm³/mol. The van der Waals surface area contributed by atoms with E-state index >= 15 is 0 Å². The smallest absolute Gasteiger partial charge is 0.118 e. The fourth-order valence-electron chi connectivity index (χ4n) is 3.44. The molecule has 0 radical (unpaired) electrons. The van der Waals surface area contributed by atoms with Gasteiger partial charge in [0.05, 0.1) is 18.9 Å². The molecule has 2 heteroatoms. The molecule has 2 nitrogen and oxygen atoms in total. The van der Waals surface area contributed by atoms with Crippen molar-refractivity contribution in [3.63, 3.8) is 0 Å². The van der Waals surface area contributed by atoms with E-state index in [0.29, 0.717) is 0 Å². The van der Waals surface area contributed by atoms with Crippen LogP contribution < -0.4 is 4.74 Å². The Labute approximate surface area is 184 Å². The zero-order chi connectivity index (χ0) is 21.3. The van der Waals surface area contributed by atoms with Crippen LogP contribution in [-0.2, 0) is 0 Å². The van der Waals surface area contributed by atoms with E-state index in [0.717, 1.165) is 33.7 Å². The first-order valence-corrected chi connectivity index (χ1v) is 10.4. The molecule has 0 saturated heterocycles. The van der Waals surface area contributed by atoms with Gasteiger partial charge in [-0.1, -0.05) is 115 Å². The minimum Gasteiger partial charge on any atom is -0.497 e. The summed E-state index contributed by atoms with van der Waals surface area (Å²) in [5, 5.41) is 0. The molecule has 0 heterocycles. The van der Waals surface area contributed by atoms with Gasteiger partial charge in [0.15, 0.2) is 0 Å². The van der Waals surface area contributed by atoms with Gasteiger partial charge in [0.1, 0.15) is 5.75 Å². The molecule has 0 spiro atoms. The molecule has 0 aromatic heterocycles. The van der Waals surface area contributed by atoms with Crippen LogP contribution in [0.15, 0.2) is 126 Å². The molecule has 4 aromatic carbocycles. The third-order valence-electron chi connectivity index (χ3n) is 5.09. The molecule has 1 unspecified atom stereocenters. The Morgan fingerprint density at radius 2 is 1.19 bits per heavy atom. The van der Waals surface area contributed by atoms with Crippen molar-refractivity contribution in [3.05, 3.63) is 144 Å². The maximum absolute atomic E-state index is 5.27. The van der Waals surface area contributed by atoms with E-state index in [-0.39, 0.29) is 6.04 Å². The minimum absolute atomic E-state index is 0.112. The highest BCUT2D eigenvalue weighted by molar-refractivity contribution is 6.13. The normalized spacial score (nSPS) is 11.8. The molecule has 0 saturated carbocycles. The maximum atomic E-state index is 5.27. The summed E-state index contributed by atoms with van der Waals surface area (Å²) in [6.45, 7) is 0. The van der Waals surface area contributed by atoms with Gasteiger partial charge in [-0.05, 0) is 23.3 Å². The largest absolute Gasteiger partial charge is 0.497 e. The molecule has 4 aromatic rings.